The summed E-state index contributed by atoms with van der Waals surface area (Å²) in [6, 6.07) is 3.04. The van der Waals surface area contributed by atoms with Crippen molar-refractivity contribution in [1.82, 2.24) is 4.57 Å². The fourth-order valence-corrected chi connectivity index (χ4v) is 2.38. The molecule has 0 saturated heterocycles. The van der Waals surface area contributed by atoms with Gasteiger partial charge in [0.25, 0.3) is 0 Å². The molecule has 96 valence electrons. The fraction of sp³-hybridized carbons (Fsp3) is 0.545. The van der Waals surface area contributed by atoms with Crippen molar-refractivity contribution >= 4 is 15.8 Å². The Balaban J connectivity index is 2.82. The third kappa shape index (κ3) is 3.09. The Morgan fingerprint density at radius 2 is 2.00 bits per heavy atom. The van der Waals surface area contributed by atoms with Crippen LogP contribution in [0, 0.1) is 0 Å². The molecule has 0 saturated carbocycles. The molecular formula is C11H17NO4S. The number of nitrogens with zero attached hydrogens (tertiary/aromatic N) is 1. The van der Waals surface area contributed by atoms with Crippen LogP contribution in [0.25, 0.3) is 0 Å². The number of aromatic nitrogens is 1. The Morgan fingerprint density at radius 3 is 2.47 bits per heavy atom. The number of carboxylic acids is 1. The average molecular weight is 259 g/mol. The van der Waals surface area contributed by atoms with Gasteiger partial charge in [-0.1, -0.05) is 0 Å². The van der Waals surface area contributed by atoms with E-state index in [2.05, 4.69) is 0 Å². The van der Waals surface area contributed by atoms with Crippen LogP contribution < -0.4 is 0 Å². The van der Waals surface area contributed by atoms with Gasteiger partial charge in [0.15, 0.2) is 9.84 Å². The second kappa shape index (κ2) is 4.52. The van der Waals surface area contributed by atoms with Crippen molar-refractivity contribution < 1.29 is 18.3 Å². The summed E-state index contributed by atoms with van der Waals surface area (Å²) in [7, 11) is -3.23. The number of carbonyl (C=O) groups is 1. The van der Waals surface area contributed by atoms with Gasteiger partial charge in [0.1, 0.15) is 5.69 Å². The minimum atomic E-state index is -3.23. The van der Waals surface area contributed by atoms with Gasteiger partial charge in [-0.3, -0.25) is 0 Å². The molecule has 1 N–H and O–H groups in total. The van der Waals surface area contributed by atoms with Gasteiger partial charge in [0.2, 0.25) is 0 Å². The third-order valence-corrected chi connectivity index (χ3v) is 5.17. The first-order valence-corrected chi connectivity index (χ1v) is 6.91. The van der Waals surface area contributed by atoms with Gasteiger partial charge in [-0.2, -0.15) is 0 Å². The topological polar surface area (TPSA) is 76.4 Å². The van der Waals surface area contributed by atoms with Crippen molar-refractivity contribution in [2.75, 3.05) is 5.75 Å². The summed E-state index contributed by atoms with van der Waals surface area (Å²) in [5.41, 5.74) is 0.106. The molecule has 0 aliphatic carbocycles. The van der Waals surface area contributed by atoms with Crippen LogP contribution >= 0.6 is 0 Å². The lowest BCUT2D eigenvalue weighted by Crippen LogP contribution is -2.32. The largest absolute Gasteiger partial charge is 0.477 e. The van der Waals surface area contributed by atoms with Gasteiger partial charge in [-0.25, -0.2) is 13.2 Å². The Bertz CT molecular complexity index is 508. The molecule has 0 unspecified atom stereocenters. The highest BCUT2D eigenvalue weighted by Crippen LogP contribution is 2.16. The summed E-state index contributed by atoms with van der Waals surface area (Å²) in [6.07, 6.45) is 1.57. The van der Waals surface area contributed by atoms with E-state index in [1.807, 2.05) is 0 Å². The minimum Gasteiger partial charge on any atom is -0.477 e. The third-order valence-electron chi connectivity index (χ3n) is 2.58. The molecule has 1 rings (SSSR count). The highest BCUT2D eigenvalue weighted by atomic mass is 32.2. The van der Waals surface area contributed by atoms with E-state index in [1.54, 1.807) is 33.0 Å². The standard InChI is InChI=1S/C11H17NO4S/c1-11(2,3)17(15,16)8-7-12-6-4-5-9(12)10(13)14/h4-6H,7-8H2,1-3H3,(H,13,14). The van der Waals surface area contributed by atoms with E-state index in [9.17, 15) is 13.2 Å². The second-order valence-electron chi connectivity index (χ2n) is 4.82. The van der Waals surface area contributed by atoms with Crippen molar-refractivity contribution in [2.24, 2.45) is 0 Å². The van der Waals surface area contributed by atoms with Gasteiger partial charge >= 0.3 is 5.97 Å². The molecule has 17 heavy (non-hydrogen) atoms. The molecule has 0 aliphatic rings. The number of hydrogen-bond donors (Lipinski definition) is 1. The zero-order valence-electron chi connectivity index (χ0n) is 10.2. The molecular weight excluding hydrogens is 242 g/mol. The first-order chi connectivity index (χ1) is 7.65. The summed E-state index contributed by atoms with van der Waals surface area (Å²) in [4.78, 5) is 10.8. The molecule has 0 amide bonds. The van der Waals surface area contributed by atoms with Crippen molar-refractivity contribution in [3.05, 3.63) is 24.0 Å². The lowest BCUT2D eigenvalue weighted by atomic mass is 10.3. The SMILES string of the molecule is CC(C)(C)S(=O)(=O)CCn1cccc1C(=O)O. The number of rotatable bonds is 4. The van der Waals surface area contributed by atoms with Gasteiger partial charge in [-0.05, 0) is 32.9 Å². The van der Waals surface area contributed by atoms with E-state index in [1.165, 1.54) is 10.6 Å². The molecule has 1 aromatic rings. The summed E-state index contributed by atoms with van der Waals surface area (Å²) in [5, 5.41) is 8.87. The van der Waals surface area contributed by atoms with Gasteiger partial charge in [0, 0.05) is 12.7 Å². The zero-order valence-corrected chi connectivity index (χ0v) is 11.0. The molecule has 0 aliphatic heterocycles. The van der Waals surface area contributed by atoms with E-state index >= 15 is 0 Å². The monoisotopic (exact) mass is 259 g/mol. The van der Waals surface area contributed by atoms with Crippen molar-refractivity contribution in [1.29, 1.82) is 0 Å². The van der Waals surface area contributed by atoms with Gasteiger partial charge < -0.3 is 9.67 Å². The molecule has 6 heteroatoms. The molecule has 0 aromatic carbocycles. The Morgan fingerprint density at radius 1 is 1.41 bits per heavy atom. The first-order valence-electron chi connectivity index (χ1n) is 5.26. The summed E-state index contributed by atoms with van der Waals surface area (Å²) in [5.74, 6) is -1.12. The zero-order chi connectivity index (χ0) is 13.3. The van der Waals surface area contributed by atoms with Crippen LogP contribution in [0.1, 0.15) is 31.3 Å². The van der Waals surface area contributed by atoms with Crippen LogP contribution in [-0.4, -0.2) is 34.6 Å². The van der Waals surface area contributed by atoms with Crippen LogP contribution in [0.4, 0.5) is 0 Å². The maximum atomic E-state index is 11.9. The summed E-state index contributed by atoms with van der Waals surface area (Å²) in [6.45, 7) is 5.07. The quantitative estimate of drug-likeness (QED) is 0.886. The average Bonchev–Trinajstić information content (AvgIpc) is 2.60. The normalized spacial score (nSPS) is 12.6. The number of sulfone groups is 1. The Hall–Kier alpha value is -1.30. The molecule has 0 atom stereocenters. The van der Waals surface area contributed by atoms with E-state index in [0.717, 1.165) is 0 Å². The van der Waals surface area contributed by atoms with E-state index < -0.39 is 20.6 Å². The van der Waals surface area contributed by atoms with Crippen molar-refractivity contribution in [2.45, 2.75) is 32.1 Å². The highest BCUT2D eigenvalue weighted by molar-refractivity contribution is 7.92. The first kappa shape index (κ1) is 13.8. The summed E-state index contributed by atoms with van der Waals surface area (Å²) < 4.78 is 24.4. The molecule has 0 bridgehead atoms. The molecule has 5 nitrogen and oxygen atoms in total. The summed E-state index contributed by atoms with van der Waals surface area (Å²) >= 11 is 0. The Kier molecular flexibility index (Phi) is 3.66. The minimum absolute atomic E-state index is 0.0640. The van der Waals surface area contributed by atoms with E-state index in [4.69, 9.17) is 5.11 Å². The van der Waals surface area contributed by atoms with Crippen molar-refractivity contribution in [3.8, 4) is 0 Å². The predicted octanol–water partition coefficient (Wildman–Crippen LogP) is 1.40. The van der Waals surface area contributed by atoms with Crippen LogP contribution in [0.5, 0.6) is 0 Å². The van der Waals surface area contributed by atoms with Crippen LogP contribution in [0.2, 0.25) is 0 Å². The lowest BCUT2D eigenvalue weighted by Gasteiger charge is -2.19. The second-order valence-corrected chi connectivity index (χ2v) is 7.69. The van der Waals surface area contributed by atoms with Crippen LogP contribution in [0.15, 0.2) is 18.3 Å². The van der Waals surface area contributed by atoms with Crippen molar-refractivity contribution in [3.63, 3.8) is 0 Å². The number of aromatic carboxylic acids is 1. The maximum absolute atomic E-state index is 11.9. The van der Waals surface area contributed by atoms with Crippen LogP contribution in [-0.2, 0) is 16.4 Å². The van der Waals surface area contributed by atoms with E-state index in [0.29, 0.717) is 0 Å². The van der Waals surface area contributed by atoms with Gasteiger partial charge in [-0.15, -0.1) is 0 Å². The predicted molar refractivity (Wildman–Crippen MR) is 64.9 cm³/mol. The smallest absolute Gasteiger partial charge is 0.352 e. The molecule has 0 spiro atoms. The molecule has 1 heterocycles. The molecule has 0 radical (unpaired) electrons. The molecule has 1 aromatic heterocycles. The molecule has 0 fully saturated rings. The maximum Gasteiger partial charge on any atom is 0.352 e. The van der Waals surface area contributed by atoms with Gasteiger partial charge in [0.05, 0.1) is 10.5 Å². The van der Waals surface area contributed by atoms with E-state index in [-0.39, 0.29) is 18.0 Å². The fourth-order valence-electron chi connectivity index (χ4n) is 1.33. The number of aryl methyl sites for hydroxylation is 1. The number of hydrogen-bond acceptors (Lipinski definition) is 3. The highest BCUT2D eigenvalue weighted by Gasteiger charge is 2.28. The number of carboxylic acid groups (broad SMARTS) is 1. The Labute approximate surface area is 101 Å². The van der Waals surface area contributed by atoms with Crippen LogP contribution in [0.3, 0.4) is 0 Å². The lowest BCUT2D eigenvalue weighted by molar-refractivity contribution is 0.0685.